The predicted molar refractivity (Wildman–Crippen MR) is 147 cm³/mol. The van der Waals surface area contributed by atoms with Crippen molar-refractivity contribution in [3.05, 3.63) is 0 Å². The van der Waals surface area contributed by atoms with Crippen LogP contribution in [0.3, 0.4) is 0 Å². The second-order valence-electron chi connectivity index (χ2n) is 11.5. The first-order valence-electron chi connectivity index (χ1n) is 13.6. The molecule has 4 unspecified atom stereocenters. The highest BCUT2D eigenvalue weighted by atomic mass is 35.7. The van der Waals surface area contributed by atoms with E-state index in [0.717, 1.165) is 0 Å². The van der Waals surface area contributed by atoms with Gasteiger partial charge in [0.2, 0.25) is 9.05 Å². The van der Waals surface area contributed by atoms with Crippen LogP contribution in [0.5, 0.6) is 0 Å². The normalized spacial score (nSPS) is 16.6. The molecule has 8 nitrogen and oxygen atoms in total. The Kier molecular flexibility index (Phi) is 23.7. The van der Waals surface area contributed by atoms with E-state index in [4.69, 9.17) is 0 Å². The molecule has 0 heterocycles. The predicted octanol–water partition coefficient (Wildman–Crippen LogP) is 10.5. The zero-order chi connectivity index (χ0) is 46.0. The lowest BCUT2D eigenvalue weighted by Gasteiger charge is -2.35. The van der Waals surface area contributed by atoms with Crippen LogP contribution in [0.25, 0.3) is 0 Å². The summed E-state index contributed by atoms with van der Waals surface area (Å²) in [5, 5.41) is 0. The molecule has 0 rings (SSSR count). The molecule has 9 N–H and O–H groups in total. The quantitative estimate of drug-likeness (QED) is 0.0987. The van der Waals surface area contributed by atoms with Crippen LogP contribution >= 0.6 is 10.7 Å². The van der Waals surface area contributed by atoms with Gasteiger partial charge in [0.1, 0.15) is 0 Å². The molecule has 0 spiro atoms. The molecule has 0 aliphatic carbocycles. The van der Waals surface area contributed by atoms with Crippen LogP contribution in [0.2, 0.25) is 0 Å². The van der Waals surface area contributed by atoms with E-state index in [0.29, 0.717) is 0 Å². The van der Waals surface area contributed by atoms with E-state index >= 15 is 0 Å². The lowest BCUT2D eigenvalue weighted by Crippen LogP contribution is -2.55. The van der Waals surface area contributed by atoms with Crippen molar-refractivity contribution in [1.82, 2.24) is 12.3 Å². The molecule has 4 atom stereocenters. The van der Waals surface area contributed by atoms with Gasteiger partial charge in [-0.15, -0.1) is 0 Å². The first-order valence-corrected chi connectivity index (χ1v) is 17.7. The molecule has 0 aromatic rings. The zero-order valence-corrected chi connectivity index (χ0v) is 30.6. The smallest absolute Gasteiger partial charge is 0.431 e. The molecule has 59 heavy (non-hydrogen) atoms. The van der Waals surface area contributed by atoms with Crippen LogP contribution in [0, 0.1) is 23.7 Å². The Balaban J connectivity index is -0.000000314. The summed E-state index contributed by atoms with van der Waals surface area (Å²) in [4.78, 5) is 0. The molecule has 0 aliphatic heterocycles. The lowest BCUT2D eigenvalue weighted by atomic mass is 9.83. The summed E-state index contributed by atoms with van der Waals surface area (Å²) in [5.41, 5.74) is -12.9. The molecule has 0 fully saturated rings. The van der Waals surface area contributed by atoms with Gasteiger partial charge in [-0.1, -0.05) is 0 Å². The molecule has 0 aliphatic rings. The minimum absolute atomic E-state index is 0. The Morgan fingerprint density at radius 1 is 0.424 bits per heavy atom. The van der Waals surface area contributed by atoms with Gasteiger partial charge in [-0.3, -0.25) is 0 Å². The average molecular weight is 1010 g/mol. The molecule has 0 amide bonds. The molecule has 0 radical (unpaired) electrons. The number of alkyl halides is 26. The lowest BCUT2D eigenvalue weighted by molar-refractivity contribution is -0.354. The van der Waals surface area contributed by atoms with Crippen molar-refractivity contribution in [2.24, 2.45) is 23.7 Å². The second-order valence-corrected chi connectivity index (χ2v) is 15.9. The largest absolute Gasteiger partial charge is 0.748 e. The Hall–Kier alpha value is -1.79. The van der Waals surface area contributed by atoms with Gasteiger partial charge in [0, 0.05) is 29.3 Å². The zero-order valence-electron chi connectivity index (χ0n) is 28.2. The molecular formula is C22H29ClF26N2O6S2. The van der Waals surface area contributed by atoms with Crippen molar-refractivity contribution in [3.63, 3.8) is 0 Å². The van der Waals surface area contributed by atoms with Crippen LogP contribution in [0.4, 0.5) is 114 Å². The number of hydrogen-bond donors (Lipinski definition) is 2. The monoisotopic (exact) mass is 1010 g/mol. The van der Waals surface area contributed by atoms with Crippen LogP contribution in [-0.4, -0.2) is 99.1 Å². The molecule has 0 saturated heterocycles. The molecule has 0 aromatic heterocycles. The first kappa shape index (κ1) is 66.3. The Morgan fingerprint density at radius 2 is 0.627 bits per heavy atom. The van der Waals surface area contributed by atoms with Gasteiger partial charge in [0.05, 0.1) is 39.5 Å². The second kappa shape index (κ2) is 21.1. The fourth-order valence-electron chi connectivity index (χ4n) is 4.22. The Labute approximate surface area is 318 Å². The van der Waals surface area contributed by atoms with Gasteiger partial charge in [0.25, 0.3) is 11.3 Å². The number of rotatable bonds is 14. The Bertz CT molecular complexity index is 1330. The van der Waals surface area contributed by atoms with Crippen molar-refractivity contribution < 1.29 is 141 Å². The van der Waals surface area contributed by atoms with Crippen LogP contribution < -0.4 is 12.3 Å². The minimum atomic E-state index is -6.93. The van der Waals surface area contributed by atoms with Crippen LogP contribution in [-0.2, 0) is 19.2 Å². The third kappa shape index (κ3) is 21.2. The highest BCUT2D eigenvalue weighted by molar-refractivity contribution is 8.13. The van der Waals surface area contributed by atoms with E-state index in [1.807, 2.05) is 0 Å². The van der Waals surface area contributed by atoms with E-state index < -0.39 is 154 Å². The van der Waals surface area contributed by atoms with E-state index in [9.17, 15) is 136 Å². The standard InChI is InChI=1S/C11H10ClF13O2S.C11H11F13O3S.2H3N.H2O/c12-28(26,27)2-1-5(8(14,15)16)3-6(9(17,18)19)4-7(13,10(20,21)22)11(23,24)25;12-7(10(19,20)21,11(22,23)24)4-6(9(16,17)18)3-5(8(13,14)15)1-2-28(25,26)27;;;/h5-6H,1-4H2;5-6H,1-4H2,(H,25,26,27);2*1H3;1H2. The van der Waals surface area contributed by atoms with Gasteiger partial charge in [-0.05, 0) is 25.7 Å². The van der Waals surface area contributed by atoms with Crippen LogP contribution in [0.1, 0.15) is 38.5 Å². The summed E-state index contributed by atoms with van der Waals surface area (Å²) in [6, 6.07) is 0. The first-order chi connectivity index (χ1) is 23.8. The highest BCUT2D eigenvalue weighted by Gasteiger charge is 2.75. The molecular weight excluding hydrogens is 982 g/mol. The molecule has 0 bridgehead atoms. The molecule has 37 heteroatoms. The van der Waals surface area contributed by atoms with Gasteiger partial charge in [-0.2, -0.15) is 105 Å². The van der Waals surface area contributed by atoms with Crippen molar-refractivity contribution in [3.8, 4) is 0 Å². The Morgan fingerprint density at radius 3 is 0.780 bits per heavy atom. The summed E-state index contributed by atoms with van der Waals surface area (Å²) in [6.07, 6.45) is -66.7. The van der Waals surface area contributed by atoms with Gasteiger partial charge in [0.15, 0.2) is 0 Å². The SMILES string of the molecule is N.O.O=S(=O)(Cl)CCC(CC(CC(F)(C(F)(F)F)C(F)(F)F)C(F)(F)F)C(F)(F)F.O=S(=O)([O-])CCC(CC(CC(F)(C(F)(F)F)C(F)(F)F)C(F)(F)F)C(F)(F)F.[NH4+]. The third-order valence-corrected chi connectivity index (χ3v) is 9.19. The maximum Gasteiger partial charge on any atom is 0.431 e. The highest BCUT2D eigenvalue weighted by Crippen LogP contribution is 2.55. The van der Waals surface area contributed by atoms with Gasteiger partial charge in [-0.25, -0.2) is 25.6 Å². The van der Waals surface area contributed by atoms with E-state index in [1.165, 1.54) is 0 Å². The van der Waals surface area contributed by atoms with E-state index in [2.05, 4.69) is 10.7 Å². The van der Waals surface area contributed by atoms with E-state index in [-0.39, 0.29) is 17.8 Å². The maximum absolute atomic E-state index is 13.6. The number of quaternary nitrogens is 1. The van der Waals surface area contributed by atoms with Crippen molar-refractivity contribution in [2.45, 2.75) is 99.3 Å². The molecule has 0 saturated carbocycles. The molecule has 0 aromatic carbocycles. The fraction of sp³-hybridized carbons (Fsp3) is 1.00. The molecule has 364 valence electrons. The topological polar surface area (TPSA) is 194 Å². The maximum atomic E-state index is 13.6. The summed E-state index contributed by atoms with van der Waals surface area (Å²) in [5.74, 6) is -18.3. The van der Waals surface area contributed by atoms with Crippen molar-refractivity contribution in [2.75, 3.05) is 11.5 Å². The van der Waals surface area contributed by atoms with Crippen LogP contribution in [0.15, 0.2) is 0 Å². The average Bonchev–Trinajstić information content (AvgIpc) is 2.85. The van der Waals surface area contributed by atoms with Crippen molar-refractivity contribution in [1.29, 1.82) is 0 Å². The number of hydrogen-bond acceptors (Lipinski definition) is 6. The van der Waals surface area contributed by atoms with E-state index in [1.54, 1.807) is 0 Å². The van der Waals surface area contributed by atoms with Crippen molar-refractivity contribution >= 4 is 29.9 Å². The van der Waals surface area contributed by atoms with Gasteiger partial charge < -0.3 is 22.3 Å². The fourth-order valence-corrected chi connectivity index (χ4v) is 5.62. The summed E-state index contributed by atoms with van der Waals surface area (Å²) < 4.78 is 382. The third-order valence-electron chi connectivity index (χ3n) is 7.27. The summed E-state index contributed by atoms with van der Waals surface area (Å²) in [7, 11) is -5.47. The minimum Gasteiger partial charge on any atom is -0.748 e. The summed E-state index contributed by atoms with van der Waals surface area (Å²) in [6.45, 7) is 0. The number of halogens is 27. The van der Waals surface area contributed by atoms with Gasteiger partial charge >= 0.3 is 49.4 Å². The summed E-state index contributed by atoms with van der Waals surface area (Å²) >= 11 is 0.